The van der Waals surface area contributed by atoms with Crippen LogP contribution in [0.25, 0.3) is 0 Å². The van der Waals surface area contributed by atoms with Gasteiger partial charge in [-0.15, -0.1) is 0 Å². The molecule has 2 saturated heterocycles. The summed E-state index contributed by atoms with van der Waals surface area (Å²) < 4.78 is 140. The molecule has 0 aromatic rings. The van der Waals surface area contributed by atoms with E-state index in [0.29, 0.717) is 64.2 Å². The molecule has 24 heteroatoms. The molecule has 4 bridgehead atoms. The van der Waals surface area contributed by atoms with Gasteiger partial charge in [0.15, 0.2) is 5.60 Å². The lowest BCUT2D eigenvalue weighted by molar-refractivity contribution is -0.409. The molecular formula is C63H104F8O16. The zero-order valence-electron chi connectivity index (χ0n) is 55.2. The summed E-state index contributed by atoms with van der Waals surface area (Å²) in [5.74, 6) is -11.1. The van der Waals surface area contributed by atoms with E-state index in [9.17, 15) is 79.5 Å². The first kappa shape index (κ1) is 77.8. The number of esters is 5. The maximum atomic E-state index is 14.0. The molecule has 0 amide bonds. The fourth-order valence-electron chi connectivity index (χ4n) is 11.8. The van der Waals surface area contributed by atoms with E-state index in [1.807, 2.05) is 90.0 Å². The molecule has 7 rings (SSSR count). The summed E-state index contributed by atoms with van der Waals surface area (Å²) in [7, 11) is 0. The van der Waals surface area contributed by atoms with Crippen LogP contribution in [0.2, 0.25) is 0 Å². The molecule has 5 saturated carbocycles. The van der Waals surface area contributed by atoms with Crippen molar-refractivity contribution in [2.24, 2.45) is 44.3 Å². The van der Waals surface area contributed by atoms with Crippen LogP contribution in [-0.2, 0) is 57.1 Å². The average Bonchev–Trinajstić information content (AvgIpc) is 0.859. The van der Waals surface area contributed by atoms with Crippen molar-refractivity contribution in [1.29, 1.82) is 0 Å². The zero-order chi connectivity index (χ0) is 67.9. The first-order valence-corrected chi connectivity index (χ1v) is 30.5. The number of carbonyl (C=O) groups excluding carboxylic acids is 5. The molecule has 2 heterocycles. The third kappa shape index (κ3) is 17.2. The van der Waals surface area contributed by atoms with E-state index in [0.717, 1.165) is 39.0 Å². The molecular weight excluding hydrogens is 1160 g/mol. The number of hydrogen-bond donors (Lipinski definition) is 4. The van der Waals surface area contributed by atoms with Gasteiger partial charge in [-0.1, -0.05) is 27.7 Å². The monoisotopic (exact) mass is 1270 g/mol. The minimum atomic E-state index is -5.74. The Kier molecular flexibility index (Phi) is 23.5. The standard InChI is InChI=1S/C22H38O4.C19H33F3O4.C12H17F5O4.C10H16O4/c1-8-17(2,3)16(23)26-22-11-15-9-20(13-22,18(4,5)24)12-21(10-15,14-22)19(6,7)25;1-7-16(2,3)15(23)26-14-10-8-13(9-11-14)17(4,5)25-12-18(6,24)19(20,21)22;1-5-8(2,3)7(18)21-9(4)6-20-11(19,10(9,13)14)12(15,16)17;1-4-10(2,3)9(12)14-7-5-8(11)13-6-7/h15,24-25H,8-14H2,1-7H3;13-14,24H,7-12H2,1-6H3;19H,5-6H2,1-4H3;7H,4-6H2,1-3H3. The van der Waals surface area contributed by atoms with Crippen molar-refractivity contribution in [1.82, 2.24) is 0 Å². The van der Waals surface area contributed by atoms with E-state index in [4.69, 9.17) is 23.7 Å². The Morgan fingerprint density at radius 1 is 0.586 bits per heavy atom. The number of ether oxygens (including phenoxy) is 7. The molecule has 0 spiro atoms. The van der Waals surface area contributed by atoms with Crippen molar-refractivity contribution < 1.29 is 113 Å². The molecule has 6 unspecified atom stereocenters. The Bertz CT molecular complexity index is 2360. The predicted octanol–water partition coefficient (Wildman–Crippen LogP) is 12.8. The Labute approximate surface area is 509 Å². The number of rotatable bonds is 18. The van der Waals surface area contributed by atoms with Gasteiger partial charge < -0.3 is 53.6 Å². The second-order valence-electron chi connectivity index (χ2n) is 30.3. The number of hydrogen-bond acceptors (Lipinski definition) is 16. The van der Waals surface area contributed by atoms with Gasteiger partial charge in [-0.2, -0.15) is 35.1 Å². The highest BCUT2D eigenvalue weighted by Gasteiger charge is 2.83. The summed E-state index contributed by atoms with van der Waals surface area (Å²) in [6.45, 7) is 32.0. The van der Waals surface area contributed by atoms with Crippen molar-refractivity contribution in [3.63, 3.8) is 0 Å². The van der Waals surface area contributed by atoms with Crippen molar-refractivity contribution >= 4 is 29.8 Å². The number of cyclic esters (lactones) is 1. The molecule has 0 aromatic carbocycles. The SMILES string of the molecule is CCC(C)(C)C(=O)OC1(C)COC(O)(C(F)(F)F)C1(F)F.CCC(C)(C)C(=O)OC12CC3CC(C(C)(C)O)(C1)CC(C(C)(C)O)(C3)C2.CCC(C)(C)C(=O)OC1CCC(C(C)(C)OCC(C)(O)C(F)(F)F)CC1.CCC(C)(C)C(=O)OC1COC(=O)C1. The third-order valence-electron chi connectivity index (χ3n) is 20.4. The topological polar surface area (TPSA) is 231 Å². The summed E-state index contributed by atoms with van der Waals surface area (Å²) in [4.78, 5) is 59.3. The van der Waals surface area contributed by atoms with E-state index in [1.54, 1.807) is 20.8 Å². The summed E-state index contributed by atoms with van der Waals surface area (Å²) in [5, 5.41) is 40.9. The average molecular weight is 1270 g/mol. The highest BCUT2D eigenvalue weighted by atomic mass is 19.4. The first-order chi connectivity index (χ1) is 38.8. The highest BCUT2D eigenvalue weighted by Crippen LogP contribution is 2.72. The van der Waals surface area contributed by atoms with Crippen molar-refractivity contribution in [2.45, 2.75) is 305 Å². The predicted molar refractivity (Wildman–Crippen MR) is 304 cm³/mol. The number of aliphatic hydroxyl groups is 4. The van der Waals surface area contributed by atoms with Crippen LogP contribution in [0.1, 0.15) is 235 Å². The van der Waals surface area contributed by atoms with E-state index in [1.165, 1.54) is 13.8 Å². The first-order valence-electron chi connectivity index (χ1n) is 30.5. The number of halogens is 8. The number of alkyl halides is 8. The molecule has 87 heavy (non-hydrogen) atoms. The second kappa shape index (κ2) is 26.3. The Balaban J connectivity index is 0.000000310. The van der Waals surface area contributed by atoms with Crippen molar-refractivity contribution in [3.8, 4) is 0 Å². The Morgan fingerprint density at radius 3 is 1.34 bits per heavy atom. The summed E-state index contributed by atoms with van der Waals surface area (Å²) >= 11 is 0. The maximum absolute atomic E-state index is 14.0. The molecule has 0 aromatic heterocycles. The molecule has 2 aliphatic heterocycles. The molecule has 6 atom stereocenters. The lowest BCUT2D eigenvalue weighted by Crippen LogP contribution is -2.70. The molecule has 0 radical (unpaired) electrons. The largest absolute Gasteiger partial charge is 0.462 e. The lowest BCUT2D eigenvalue weighted by atomic mass is 9.37. The quantitative estimate of drug-likeness (QED) is 0.0568. The van der Waals surface area contributed by atoms with Crippen molar-refractivity contribution in [3.05, 3.63) is 0 Å². The van der Waals surface area contributed by atoms with Gasteiger partial charge in [0, 0.05) is 10.8 Å². The van der Waals surface area contributed by atoms with Crippen LogP contribution in [0, 0.1) is 44.3 Å². The van der Waals surface area contributed by atoms with Gasteiger partial charge >= 0.3 is 53.9 Å². The van der Waals surface area contributed by atoms with Gasteiger partial charge in [0.25, 0.3) is 0 Å². The van der Waals surface area contributed by atoms with Gasteiger partial charge in [-0.25, -0.2) is 0 Å². The Hall–Kier alpha value is -3.45. The van der Waals surface area contributed by atoms with Crippen LogP contribution in [-0.4, -0.2) is 140 Å². The van der Waals surface area contributed by atoms with Crippen LogP contribution in [0.4, 0.5) is 35.1 Å². The molecule has 7 aliphatic rings. The summed E-state index contributed by atoms with van der Waals surface area (Å²) in [5.41, 5.74) is -12.1. The van der Waals surface area contributed by atoms with Crippen LogP contribution >= 0.6 is 0 Å². The molecule has 508 valence electrons. The van der Waals surface area contributed by atoms with Crippen LogP contribution in [0.3, 0.4) is 0 Å². The zero-order valence-corrected chi connectivity index (χ0v) is 55.2. The second-order valence-corrected chi connectivity index (χ2v) is 30.3. The minimum Gasteiger partial charge on any atom is -0.462 e. The van der Waals surface area contributed by atoms with Gasteiger partial charge in [0.05, 0.1) is 58.1 Å². The van der Waals surface area contributed by atoms with Gasteiger partial charge in [0.1, 0.15) is 24.4 Å². The van der Waals surface area contributed by atoms with Gasteiger partial charge in [-0.05, 0) is 213 Å². The number of carbonyl (C=O) groups is 5. The van der Waals surface area contributed by atoms with Crippen molar-refractivity contribution in [2.75, 3.05) is 19.8 Å². The van der Waals surface area contributed by atoms with Gasteiger partial charge in [0.2, 0.25) is 5.60 Å². The maximum Gasteiger partial charge on any atom is 0.449 e. The smallest absolute Gasteiger partial charge is 0.449 e. The summed E-state index contributed by atoms with van der Waals surface area (Å²) in [6, 6.07) is 0. The van der Waals surface area contributed by atoms with Gasteiger partial charge in [-0.3, -0.25) is 24.0 Å². The highest BCUT2D eigenvalue weighted by molar-refractivity contribution is 5.78. The van der Waals surface area contributed by atoms with E-state index in [-0.39, 0.29) is 72.3 Å². The van der Waals surface area contributed by atoms with Crippen LogP contribution in [0.5, 0.6) is 0 Å². The minimum absolute atomic E-state index is 0.0423. The molecule has 16 nitrogen and oxygen atoms in total. The fraction of sp³-hybridized carbons (Fsp3) is 0.921. The molecule has 5 aliphatic carbocycles. The molecule has 4 N–H and O–H groups in total. The van der Waals surface area contributed by atoms with E-state index >= 15 is 0 Å². The summed E-state index contributed by atoms with van der Waals surface area (Å²) in [6.07, 6.45) is -0.691. The lowest BCUT2D eigenvalue weighted by Gasteiger charge is -2.70. The fourth-order valence-corrected chi connectivity index (χ4v) is 11.8. The van der Waals surface area contributed by atoms with E-state index in [2.05, 4.69) is 9.47 Å². The normalized spacial score (nSPS) is 30.9. The van der Waals surface area contributed by atoms with Crippen LogP contribution in [0.15, 0.2) is 0 Å². The Morgan fingerprint density at radius 2 is 0.989 bits per heavy atom. The molecule has 7 fully saturated rings. The van der Waals surface area contributed by atoms with E-state index < -0.39 is 98.5 Å². The third-order valence-corrected chi connectivity index (χ3v) is 20.4. The van der Waals surface area contributed by atoms with Crippen LogP contribution < -0.4 is 0 Å².